The molecular weight excluding hydrogens is 242 g/mol. The third-order valence-corrected chi connectivity index (χ3v) is 4.35. The van der Waals surface area contributed by atoms with Crippen LogP contribution in [0.25, 0.3) is 0 Å². The molecule has 17 heavy (non-hydrogen) atoms. The summed E-state index contributed by atoms with van der Waals surface area (Å²) in [5.41, 5.74) is 5.66. The summed E-state index contributed by atoms with van der Waals surface area (Å²) in [7, 11) is -3.00. The fourth-order valence-corrected chi connectivity index (χ4v) is 2.10. The number of nitrogens with two attached hydrogens (primary N) is 1. The maximum absolute atomic E-state index is 11.4. The second-order valence-electron chi connectivity index (χ2n) is 4.17. The molecule has 0 saturated heterocycles. The lowest BCUT2D eigenvalue weighted by Gasteiger charge is -2.02. The highest BCUT2D eigenvalue weighted by Crippen LogP contribution is 2.23. The van der Waals surface area contributed by atoms with Gasteiger partial charge in [-0.15, -0.1) is 5.10 Å². The number of anilines is 2. The first-order valence-corrected chi connectivity index (χ1v) is 7.49. The van der Waals surface area contributed by atoms with Crippen molar-refractivity contribution in [3.8, 4) is 0 Å². The van der Waals surface area contributed by atoms with E-state index < -0.39 is 9.84 Å². The van der Waals surface area contributed by atoms with Crippen LogP contribution >= 0.6 is 0 Å². The van der Waals surface area contributed by atoms with Crippen LogP contribution in [0.4, 0.5) is 11.9 Å². The number of aryl methyl sites for hydroxylation is 1. The molecule has 0 radical (unpaired) electrons. The van der Waals surface area contributed by atoms with E-state index in [-0.39, 0.29) is 24.0 Å². The summed E-state index contributed by atoms with van der Waals surface area (Å²) in [6.07, 6.45) is 2.25. The Bertz CT molecular complexity index is 491. The van der Waals surface area contributed by atoms with Gasteiger partial charge in [-0.05, 0) is 12.8 Å². The summed E-state index contributed by atoms with van der Waals surface area (Å²) in [5.74, 6) is 0.910. The number of hydrogen-bond donors (Lipinski definition) is 2. The highest BCUT2D eigenvalue weighted by Gasteiger charge is 2.23. The van der Waals surface area contributed by atoms with Gasteiger partial charge in [-0.2, -0.15) is 4.98 Å². The first-order chi connectivity index (χ1) is 8.00. The van der Waals surface area contributed by atoms with Crippen LogP contribution in [0, 0.1) is 0 Å². The van der Waals surface area contributed by atoms with Crippen molar-refractivity contribution in [3.05, 3.63) is 0 Å². The molecule has 1 aromatic heterocycles. The van der Waals surface area contributed by atoms with Gasteiger partial charge in [-0.1, -0.05) is 6.92 Å². The Labute approximate surface area is 100 Å². The van der Waals surface area contributed by atoms with Gasteiger partial charge in [0.15, 0.2) is 9.84 Å². The van der Waals surface area contributed by atoms with Crippen LogP contribution in [0.15, 0.2) is 0 Å². The predicted molar refractivity (Wildman–Crippen MR) is 65.4 cm³/mol. The van der Waals surface area contributed by atoms with Crippen molar-refractivity contribution < 1.29 is 8.42 Å². The van der Waals surface area contributed by atoms with Crippen LogP contribution in [0.1, 0.15) is 19.8 Å². The summed E-state index contributed by atoms with van der Waals surface area (Å²) in [6, 6.07) is 0.449. The molecule has 0 unspecified atom stereocenters. The minimum atomic E-state index is -3.00. The highest BCUT2D eigenvalue weighted by atomic mass is 32.2. The third kappa shape index (κ3) is 3.32. The van der Waals surface area contributed by atoms with Gasteiger partial charge in [0.1, 0.15) is 0 Å². The molecule has 7 nitrogen and oxygen atoms in total. The van der Waals surface area contributed by atoms with Crippen molar-refractivity contribution in [2.75, 3.05) is 22.6 Å². The standard InChI is InChI=1S/C9H17N5O2S/c1-2-17(15,16)6-5-14-8(10)12-9(13-14)11-7-3-4-7/h7H,2-6H2,1H3,(H3,10,11,12,13). The summed E-state index contributed by atoms with van der Waals surface area (Å²) >= 11 is 0. The summed E-state index contributed by atoms with van der Waals surface area (Å²) < 4.78 is 24.1. The van der Waals surface area contributed by atoms with E-state index in [1.54, 1.807) is 6.92 Å². The molecule has 0 aliphatic heterocycles. The van der Waals surface area contributed by atoms with E-state index in [4.69, 9.17) is 5.73 Å². The molecule has 1 aliphatic carbocycles. The molecule has 0 amide bonds. The summed E-state index contributed by atoms with van der Waals surface area (Å²) in [6.45, 7) is 1.88. The fraction of sp³-hybridized carbons (Fsp3) is 0.778. The smallest absolute Gasteiger partial charge is 0.244 e. The number of nitrogen functional groups attached to an aromatic ring is 1. The van der Waals surface area contributed by atoms with E-state index in [0.29, 0.717) is 12.0 Å². The van der Waals surface area contributed by atoms with E-state index >= 15 is 0 Å². The number of rotatable bonds is 6. The zero-order valence-electron chi connectivity index (χ0n) is 9.76. The Morgan fingerprint density at radius 3 is 2.82 bits per heavy atom. The van der Waals surface area contributed by atoms with Crippen LogP contribution in [0.2, 0.25) is 0 Å². The molecule has 0 spiro atoms. The van der Waals surface area contributed by atoms with E-state index in [2.05, 4.69) is 15.4 Å². The van der Waals surface area contributed by atoms with E-state index in [9.17, 15) is 8.42 Å². The van der Waals surface area contributed by atoms with E-state index in [1.807, 2.05) is 0 Å². The molecule has 8 heteroatoms. The lowest BCUT2D eigenvalue weighted by Crippen LogP contribution is -2.16. The average Bonchev–Trinajstić information content (AvgIpc) is 3.00. The van der Waals surface area contributed by atoms with Crippen LogP contribution in [0.3, 0.4) is 0 Å². The summed E-state index contributed by atoms with van der Waals surface area (Å²) in [4.78, 5) is 4.04. The lowest BCUT2D eigenvalue weighted by atomic mass is 10.7. The summed E-state index contributed by atoms with van der Waals surface area (Å²) in [5, 5.41) is 7.25. The van der Waals surface area contributed by atoms with Gasteiger partial charge in [0, 0.05) is 11.8 Å². The predicted octanol–water partition coefficient (Wildman–Crippen LogP) is -0.131. The first kappa shape index (κ1) is 12.2. The molecule has 1 aliphatic rings. The van der Waals surface area contributed by atoms with Crippen molar-refractivity contribution in [3.63, 3.8) is 0 Å². The van der Waals surface area contributed by atoms with Crippen LogP contribution < -0.4 is 11.1 Å². The second-order valence-corrected chi connectivity index (χ2v) is 6.64. The van der Waals surface area contributed by atoms with Gasteiger partial charge < -0.3 is 11.1 Å². The number of aromatic nitrogens is 3. The monoisotopic (exact) mass is 259 g/mol. The minimum Gasteiger partial charge on any atom is -0.368 e. The number of nitrogens with zero attached hydrogens (tertiary/aromatic N) is 3. The zero-order valence-corrected chi connectivity index (χ0v) is 10.6. The molecular formula is C9H17N5O2S. The fourth-order valence-electron chi connectivity index (χ4n) is 1.36. The lowest BCUT2D eigenvalue weighted by molar-refractivity contribution is 0.583. The van der Waals surface area contributed by atoms with Gasteiger partial charge in [0.25, 0.3) is 0 Å². The molecule has 0 aromatic carbocycles. The Hall–Kier alpha value is -1.31. The van der Waals surface area contributed by atoms with Crippen LogP contribution in [0.5, 0.6) is 0 Å². The molecule has 2 rings (SSSR count). The number of nitrogens with one attached hydrogen (secondary N) is 1. The normalized spacial score (nSPS) is 16.1. The molecule has 0 bridgehead atoms. The minimum absolute atomic E-state index is 0.0416. The maximum Gasteiger partial charge on any atom is 0.244 e. The molecule has 1 saturated carbocycles. The Morgan fingerprint density at radius 2 is 2.24 bits per heavy atom. The SMILES string of the molecule is CCS(=O)(=O)CCn1nc(NC2CC2)nc1N. The van der Waals surface area contributed by atoms with Gasteiger partial charge in [-0.25, -0.2) is 13.1 Å². The van der Waals surface area contributed by atoms with E-state index in [1.165, 1.54) is 4.68 Å². The topological polar surface area (TPSA) is 103 Å². The third-order valence-electron chi connectivity index (χ3n) is 2.66. The van der Waals surface area contributed by atoms with Gasteiger partial charge in [0.05, 0.1) is 12.3 Å². The Kier molecular flexibility index (Phi) is 3.23. The van der Waals surface area contributed by atoms with Crippen molar-refractivity contribution in [1.82, 2.24) is 14.8 Å². The maximum atomic E-state index is 11.4. The number of hydrogen-bond acceptors (Lipinski definition) is 6. The molecule has 1 aromatic rings. The van der Waals surface area contributed by atoms with Gasteiger partial charge in [0.2, 0.25) is 11.9 Å². The van der Waals surface area contributed by atoms with Crippen molar-refractivity contribution in [2.24, 2.45) is 0 Å². The quantitative estimate of drug-likeness (QED) is 0.737. The van der Waals surface area contributed by atoms with Crippen LogP contribution in [-0.4, -0.2) is 40.7 Å². The second kappa shape index (κ2) is 4.52. The van der Waals surface area contributed by atoms with Crippen molar-refractivity contribution in [2.45, 2.75) is 32.4 Å². The molecule has 3 N–H and O–H groups in total. The first-order valence-electron chi connectivity index (χ1n) is 5.67. The zero-order chi connectivity index (χ0) is 12.5. The molecule has 1 heterocycles. The van der Waals surface area contributed by atoms with Gasteiger partial charge >= 0.3 is 0 Å². The average molecular weight is 259 g/mol. The molecule has 0 atom stereocenters. The number of sulfone groups is 1. The van der Waals surface area contributed by atoms with E-state index in [0.717, 1.165) is 12.8 Å². The van der Waals surface area contributed by atoms with Gasteiger partial charge in [-0.3, -0.25) is 0 Å². The molecule has 96 valence electrons. The highest BCUT2D eigenvalue weighted by molar-refractivity contribution is 7.91. The molecule has 1 fully saturated rings. The van der Waals surface area contributed by atoms with Crippen molar-refractivity contribution in [1.29, 1.82) is 0 Å². The largest absolute Gasteiger partial charge is 0.368 e. The Morgan fingerprint density at radius 1 is 1.53 bits per heavy atom. The van der Waals surface area contributed by atoms with Crippen LogP contribution in [-0.2, 0) is 16.4 Å². The Balaban J connectivity index is 1.97. The van der Waals surface area contributed by atoms with Crippen molar-refractivity contribution >= 4 is 21.7 Å².